The summed E-state index contributed by atoms with van der Waals surface area (Å²) in [5.41, 5.74) is 1.81. The van der Waals surface area contributed by atoms with E-state index in [0.29, 0.717) is 22.8 Å². The molecule has 0 bridgehead atoms. The van der Waals surface area contributed by atoms with Crippen LogP contribution in [0.15, 0.2) is 51.8 Å². The predicted molar refractivity (Wildman–Crippen MR) is 120 cm³/mol. The first kappa shape index (κ1) is 22.2. The van der Waals surface area contributed by atoms with E-state index in [9.17, 15) is 22.0 Å². The summed E-state index contributed by atoms with van der Waals surface area (Å²) in [5.74, 6) is -3.04. The quantitative estimate of drug-likeness (QED) is 0.275. The number of halogens is 2. The maximum atomic E-state index is 13.2. The first-order valence-corrected chi connectivity index (χ1v) is 13.1. The fourth-order valence-corrected chi connectivity index (χ4v) is 6.63. The van der Waals surface area contributed by atoms with Gasteiger partial charge in [0.1, 0.15) is 4.83 Å². The Labute approximate surface area is 186 Å². The Bertz CT molecular complexity index is 1300. The zero-order valence-corrected chi connectivity index (χ0v) is 19.0. The Morgan fingerprint density at radius 2 is 1.94 bits per heavy atom. The van der Waals surface area contributed by atoms with E-state index in [2.05, 4.69) is 6.58 Å². The first-order chi connectivity index (χ1) is 14.8. The first-order valence-electron chi connectivity index (χ1n) is 9.72. The van der Waals surface area contributed by atoms with Crippen molar-refractivity contribution < 1.29 is 17.2 Å². The number of aryl methyl sites for hydroxylation is 2. The minimum atomic E-state index is -4.61. The van der Waals surface area contributed by atoms with E-state index in [1.54, 1.807) is 22.0 Å². The number of fused-ring (bicyclic) bond motifs is 3. The van der Waals surface area contributed by atoms with Crippen molar-refractivity contribution in [1.82, 2.24) is 9.55 Å². The van der Waals surface area contributed by atoms with Crippen molar-refractivity contribution in [2.24, 2.45) is 0 Å². The van der Waals surface area contributed by atoms with Gasteiger partial charge in [-0.15, -0.1) is 17.9 Å². The lowest BCUT2D eigenvalue weighted by Gasteiger charge is -2.12. The van der Waals surface area contributed by atoms with Crippen LogP contribution in [0, 0.1) is 0 Å². The molecular weight excluding hydrogens is 462 g/mol. The lowest BCUT2D eigenvalue weighted by molar-refractivity contribution is 0.234. The number of nitrogens with zero attached hydrogens (tertiary/aromatic N) is 2. The van der Waals surface area contributed by atoms with Crippen LogP contribution in [0.5, 0.6) is 0 Å². The van der Waals surface area contributed by atoms with Gasteiger partial charge in [0.05, 0.1) is 10.3 Å². The van der Waals surface area contributed by atoms with Gasteiger partial charge in [-0.25, -0.2) is 13.4 Å². The van der Waals surface area contributed by atoms with E-state index in [1.165, 1.54) is 40.9 Å². The average Bonchev–Trinajstić information content (AvgIpc) is 3.13. The summed E-state index contributed by atoms with van der Waals surface area (Å²) in [4.78, 5) is 19.6. The van der Waals surface area contributed by atoms with Crippen LogP contribution in [0.4, 0.5) is 8.78 Å². The van der Waals surface area contributed by atoms with Crippen LogP contribution >= 0.6 is 23.1 Å². The van der Waals surface area contributed by atoms with Gasteiger partial charge in [-0.05, 0) is 48.9 Å². The Hall–Kier alpha value is -2.04. The molecule has 10 heteroatoms. The topological polar surface area (TPSA) is 69.0 Å². The van der Waals surface area contributed by atoms with Crippen molar-refractivity contribution in [2.75, 3.05) is 0 Å². The second-order valence-corrected chi connectivity index (χ2v) is 11.2. The van der Waals surface area contributed by atoms with Gasteiger partial charge in [0, 0.05) is 17.2 Å². The summed E-state index contributed by atoms with van der Waals surface area (Å²) in [6.45, 7) is 4.08. The minimum absolute atomic E-state index is 0.0647. The molecule has 0 atom stereocenters. The van der Waals surface area contributed by atoms with Gasteiger partial charge in [0.15, 0.2) is 5.16 Å². The molecule has 5 nitrogen and oxygen atoms in total. The number of thiophene rings is 1. The van der Waals surface area contributed by atoms with Crippen molar-refractivity contribution >= 4 is 43.2 Å². The van der Waals surface area contributed by atoms with Gasteiger partial charge in [0.25, 0.3) is 5.56 Å². The summed E-state index contributed by atoms with van der Waals surface area (Å²) in [5, 5.41) is 1.27. The van der Waals surface area contributed by atoms with Crippen LogP contribution < -0.4 is 5.56 Å². The van der Waals surface area contributed by atoms with Crippen molar-refractivity contribution in [2.45, 2.75) is 53.8 Å². The smallest absolute Gasteiger partial charge is 0.283 e. The molecule has 1 aliphatic carbocycles. The number of aromatic nitrogens is 2. The van der Waals surface area contributed by atoms with E-state index in [-0.39, 0.29) is 5.56 Å². The highest BCUT2D eigenvalue weighted by Gasteiger charge is 2.26. The normalized spacial score (nSPS) is 14.2. The largest absolute Gasteiger partial charge is 0.341 e. The van der Waals surface area contributed by atoms with Gasteiger partial charge < -0.3 is 0 Å². The number of hydrogen-bond donors (Lipinski definition) is 0. The third-order valence-corrected chi connectivity index (χ3v) is 8.84. The number of benzene rings is 1. The monoisotopic (exact) mass is 482 g/mol. The fourth-order valence-electron chi connectivity index (χ4n) is 3.65. The maximum Gasteiger partial charge on any atom is 0.341 e. The molecular formula is C21H20F2N2O3S3. The van der Waals surface area contributed by atoms with E-state index in [4.69, 9.17) is 4.98 Å². The molecule has 0 fully saturated rings. The molecule has 2 heterocycles. The number of rotatable bonds is 7. The summed E-state index contributed by atoms with van der Waals surface area (Å²) in [6, 6.07) is 5.36. The SMILES string of the molecule is C=CCn1c(SCc2ccc(S(=O)(=O)C(F)F)cc2)nc2sc3c(c2c1=O)CCCC3. The molecule has 0 spiro atoms. The Morgan fingerprint density at radius 3 is 2.61 bits per heavy atom. The Morgan fingerprint density at radius 1 is 1.23 bits per heavy atom. The molecule has 4 rings (SSSR count). The molecule has 0 saturated carbocycles. The molecule has 0 radical (unpaired) electrons. The van der Waals surface area contributed by atoms with Crippen LogP contribution in [0.3, 0.4) is 0 Å². The minimum Gasteiger partial charge on any atom is -0.283 e. The van der Waals surface area contributed by atoms with Crippen LogP contribution in [0.2, 0.25) is 0 Å². The van der Waals surface area contributed by atoms with Crippen molar-refractivity contribution in [1.29, 1.82) is 0 Å². The Balaban J connectivity index is 1.64. The van der Waals surface area contributed by atoms with Gasteiger partial charge in [-0.3, -0.25) is 9.36 Å². The number of allylic oxidation sites excluding steroid dienone is 1. The maximum absolute atomic E-state index is 13.2. The average molecular weight is 483 g/mol. The van der Waals surface area contributed by atoms with Crippen molar-refractivity contribution in [3.63, 3.8) is 0 Å². The lowest BCUT2D eigenvalue weighted by Crippen LogP contribution is -2.23. The third-order valence-electron chi connectivity index (χ3n) is 5.21. The highest BCUT2D eigenvalue weighted by atomic mass is 32.2. The summed E-state index contributed by atoms with van der Waals surface area (Å²) in [6.07, 6.45) is 5.74. The molecule has 0 N–H and O–H groups in total. The van der Waals surface area contributed by atoms with Gasteiger partial charge >= 0.3 is 5.76 Å². The summed E-state index contributed by atoms with van der Waals surface area (Å²) >= 11 is 2.93. The molecule has 164 valence electrons. The lowest BCUT2D eigenvalue weighted by atomic mass is 9.97. The second-order valence-electron chi connectivity index (χ2n) is 7.23. The number of alkyl halides is 2. The van der Waals surface area contributed by atoms with E-state index in [0.717, 1.165) is 41.6 Å². The standard InChI is InChI=1S/C21H20F2N2O3S3/c1-2-11-25-19(26)17-15-5-3-4-6-16(15)30-18(17)24-21(25)29-12-13-7-9-14(10-8-13)31(27,28)20(22)23/h2,7-10,20H,1,3-6,11-12H2. The van der Waals surface area contributed by atoms with E-state index < -0.39 is 20.5 Å². The molecule has 1 aliphatic rings. The van der Waals surface area contributed by atoms with Gasteiger partial charge in [0.2, 0.25) is 9.84 Å². The molecule has 0 aliphatic heterocycles. The summed E-state index contributed by atoms with van der Waals surface area (Å²) in [7, 11) is -4.61. The zero-order chi connectivity index (χ0) is 22.2. The molecule has 0 unspecified atom stereocenters. The zero-order valence-electron chi connectivity index (χ0n) is 16.5. The van der Waals surface area contributed by atoms with Crippen LogP contribution in [0.1, 0.15) is 28.8 Å². The Kier molecular flexibility index (Phi) is 6.32. The van der Waals surface area contributed by atoms with Crippen LogP contribution in [-0.4, -0.2) is 23.7 Å². The second kappa shape index (κ2) is 8.84. The highest BCUT2D eigenvalue weighted by Crippen LogP contribution is 2.35. The predicted octanol–water partition coefficient (Wildman–Crippen LogP) is 4.81. The van der Waals surface area contributed by atoms with E-state index in [1.807, 2.05) is 0 Å². The third kappa shape index (κ3) is 4.20. The number of thioether (sulfide) groups is 1. The highest BCUT2D eigenvalue weighted by molar-refractivity contribution is 7.98. The number of sulfone groups is 1. The molecule has 3 aromatic rings. The molecule has 31 heavy (non-hydrogen) atoms. The molecule has 0 saturated heterocycles. The molecule has 1 aromatic carbocycles. The molecule has 0 amide bonds. The van der Waals surface area contributed by atoms with Gasteiger partial charge in [-0.2, -0.15) is 8.78 Å². The van der Waals surface area contributed by atoms with Crippen molar-refractivity contribution in [3.05, 3.63) is 63.3 Å². The van der Waals surface area contributed by atoms with Gasteiger partial charge in [-0.1, -0.05) is 30.0 Å². The number of hydrogen-bond acceptors (Lipinski definition) is 6. The fraction of sp³-hybridized carbons (Fsp3) is 0.333. The van der Waals surface area contributed by atoms with Crippen molar-refractivity contribution in [3.8, 4) is 0 Å². The van der Waals surface area contributed by atoms with Crippen LogP contribution in [0.25, 0.3) is 10.2 Å². The van der Waals surface area contributed by atoms with Crippen LogP contribution in [-0.2, 0) is 35.0 Å². The summed E-state index contributed by atoms with van der Waals surface area (Å²) < 4.78 is 50.1. The van der Waals surface area contributed by atoms with E-state index >= 15 is 0 Å². The molecule has 2 aromatic heterocycles.